The second kappa shape index (κ2) is 5.88. The Hall–Kier alpha value is -2.28. The maximum atomic E-state index is 13.5. The standard InChI is InChI=1S/C22H20ClN3O2S/c1-25-19-7-5-16(12-17(19)22-18-6-4-15(24-18)11-21(22)25)29(27,28)26-9-8-13-2-3-14(23)10-20(13)26/h2-3,5,7-10,12,15,18,24H,4,6,11H2,1H3. The van der Waals surface area contributed by atoms with Crippen molar-refractivity contribution in [3.05, 3.63) is 64.9 Å². The van der Waals surface area contributed by atoms with E-state index in [0.717, 1.165) is 29.1 Å². The lowest BCUT2D eigenvalue weighted by molar-refractivity contribution is 0.503. The molecule has 0 radical (unpaired) electrons. The average Bonchev–Trinajstić information content (AvgIpc) is 3.37. The van der Waals surface area contributed by atoms with Crippen LogP contribution in [0.2, 0.25) is 5.02 Å². The zero-order chi connectivity index (χ0) is 19.9. The highest BCUT2D eigenvalue weighted by Gasteiger charge is 2.36. The van der Waals surface area contributed by atoms with Gasteiger partial charge in [0.15, 0.2) is 0 Å². The van der Waals surface area contributed by atoms with Crippen LogP contribution in [0.1, 0.15) is 30.1 Å². The summed E-state index contributed by atoms with van der Waals surface area (Å²) in [5.41, 5.74) is 4.28. The largest absolute Gasteiger partial charge is 0.347 e. The summed E-state index contributed by atoms with van der Waals surface area (Å²) in [6, 6.07) is 13.5. The molecule has 2 unspecified atom stereocenters. The number of halogens is 1. The third-order valence-corrected chi connectivity index (χ3v) is 8.46. The summed E-state index contributed by atoms with van der Waals surface area (Å²) in [5.74, 6) is 0. The van der Waals surface area contributed by atoms with Gasteiger partial charge in [0.2, 0.25) is 0 Å². The zero-order valence-electron chi connectivity index (χ0n) is 15.9. The normalized spacial score (nSPS) is 21.2. The maximum absolute atomic E-state index is 13.5. The fourth-order valence-electron chi connectivity index (χ4n) is 5.14. The molecular weight excluding hydrogens is 406 g/mol. The summed E-state index contributed by atoms with van der Waals surface area (Å²) in [6.45, 7) is 0. The van der Waals surface area contributed by atoms with E-state index >= 15 is 0 Å². The summed E-state index contributed by atoms with van der Waals surface area (Å²) in [4.78, 5) is 0.302. The molecule has 2 aromatic carbocycles. The van der Waals surface area contributed by atoms with Gasteiger partial charge in [0.05, 0.1) is 10.4 Å². The molecule has 1 fully saturated rings. The van der Waals surface area contributed by atoms with Crippen molar-refractivity contribution in [1.29, 1.82) is 0 Å². The van der Waals surface area contributed by atoms with Gasteiger partial charge in [0.1, 0.15) is 0 Å². The van der Waals surface area contributed by atoms with Crippen LogP contribution in [0, 0.1) is 0 Å². The quantitative estimate of drug-likeness (QED) is 0.518. The number of fused-ring (bicyclic) bond motifs is 7. The van der Waals surface area contributed by atoms with E-state index in [0.29, 0.717) is 27.5 Å². The van der Waals surface area contributed by atoms with Gasteiger partial charge in [-0.05, 0) is 54.8 Å². The van der Waals surface area contributed by atoms with Crippen molar-refractivity contribution in [3.8, 4) is 0 Å². The number of hydrogen-bond donors (Lipinski definition) is 1. The molecule has 1 saturated heterocycles. The van der Waals surface area contributed by atoms with Crippen LogP contribution >= 0.6 is 11.6 Å². The van der Waals surface area contributed by atoms with Crippen molar-refractivity contribution >= 4 is 43.4 Å². The Labute approximate surface area is 173 Å². The number of hydrogen-bond acceptors (Lipinski definition) is 3. The number of aromatic nitrogens is 2. The number of nitrogens with one attached hydrogen (secondary N) is 1. The van der Waals surface area contributed by atoms with E-state index in [2.05, 4.69) is 16.9 Å². The zero-order valence-corrected chi connectivity index (χ0v) is 17.5. The number of benzene rings is 2. The molecule has 1 N–H and O–H groups in total. The molecule has 2 aliphatic rings. The molecule has 0 saturated carbocycles. The van der Waals surface area contributed by atoms with Crippen LogP contribution < -0.4 is 5.32 Å². The minimum Gasteiger partial charge on any atom is -0.347 e. The van der Waals surface area contributed by atoms with E-state index in [-0.39, 0.29) is 0 Å². The third-order valence-electron chi connectivity index (χ3n) is 6.54. The van der Waals surface area contributed by atoms with Gasteiger partial charge in [-0.15, -0.1) is 0 Å². The van der Waals surface area contributed by atoms with Crippen LogP contribution in [0.3, 0.4) is 0 Å². The first kappa shape index (κ1) is 17.6. The number of nitrogens with zero attached hydrogens (tertiary/aromatic N) is 2. The highest BCUT2D eigenvalue weighted by atomic mass is 35.5. The van der Waals surface area contributed by atoms with Gasteiger partial charge in [-0.2, -0.15) is 0 Å². The van der Waals surface area contributed by atoms with Gasteiger partial charge in [-0.3, -0.25) is 0 Å². The van der Waals surface area contributed by atoms with Crippen LogP contribution in [0.15, 0.2) is 53.6 Å². The smallest absolute Gasteiger partial charge is 0.268 e. The first-order valence-electron chi connectivity index (χ1n) is 9.83. The summed E-state index contributed by atoms with van der Waals surface area (Å²) in [5, 5.41) is 6.08. The predicted octanol–water partition coefficient (Wildman–Crippen LogP) is 4.37. The molecule has 6 rings (SSSR count). The minimum absolute atomic E-state index is 0.302. The van der Waals surface area contributed by atoms with Crippen molar-refractivity contribution in [2.75, 3.05) is 0 Å². The highest BCUT2D eigenvalue weighted by Crippen LogP contribution is 2.42. The van der Waals surface area contributed by atoms with E-state index in [1.54, 1.807) is 30.5 Å². The van der Waals surface area contributed by atoms with Crippen LogP contribution in [0.25, 0.3) is 21.8 Å². The van der Waals surface area contributed by atoms with Crippen molar-refractivity contribution < 1.29 is 8.42 Å². The van der Waals surface area contributed by atoms with E-state index in [4.69, 9.17) is 11.6 Å². The Bertz CT molecular complexity index is 1420. The molecule has 4 aromatic rings. The maximum Gasteiger partial charge on any atom is 0.268 e. The molecule has 0 spiro atoms. The van der Waals surface area contributed by atoms with E-state index in [9.17, 15) is 8.42 Å². The van der Waals surface area contributed by atoms with Crippen molar-refractivity contribution in [1.82, 2.24) is 13.9 Å². The first-order valence-corrected chi connectivity index (χ1v) is 11.6. The molecule has 4 heterocycles. The minimum atomic E-state index is -3.73. The Morgan fingerprint density at radius 2 is 1.93 bits per heavy atom. The lowest BCUT2D eigenvalue weighted by Crippen LogP contribution is -2.32. The summed E-state index contributed by atoms with van der Waals surface area (Å²) >= 11 is 6.12. The van der Waals surface area contributed by atoms with Crippen molar-refractivity contribution in [2.45, 2.75) is 36.2 Å². The Morgan fingerprint density at radius 1 is 1.07 bits per heavy atom. The molecule has 2 atom stereocenters. The molecule has 0 aliphatic carbocycles. The van der Waals surface area contributed by atoms with Gasteiger partial charge < -0.3 is 9.88 Å². The third kappa shape index (κ3) is 2.40. The fourth-order valence-corrected chi connectivity index (χ4v) is 6.68. The summed E-state index contributed by atoms with van der Waals surface area (Å²) in [7, 11) is -1.65. The predicted molar refractivity (Wildman–Crippen MR) is 115 cm³/mol. The number of aryl methyl sites for hydroxylation is 1. The van der Waals surface area contributed by atoms with Gasteiger partial charge in [-0.25, -0.2) is 12.4 Å². The van der Waals surface area contributed by atoms with Crippen LogP contribution in [0.4, 0.5) is 0 Å². The SMILES string of the molecule is Cn1c2c(c3cc(S(=O)(=O)n4ccc5ccc(Cl)cc54)ccc31)C1CCC(C2)N1. The monoisotopic (exact) mass is 425 g/mol. The lowest BCUT2D eigenvalue weighted by atomic mass is 9.99. The van der Waals surface area contributed by atoms with Crippen LogP contribution in [0.5, 0.6) is 0 Å². The van der Waals surface area contributed by atoms with E-state index in [1.807, 2.05) is 18.2 Å². The second-order valence-electron chi connectivity index (χ2n) is 8.12. The molecular formula is C22H20ClN3O2S. The lowest BCUT2D eigenvalue weighted by Gasteiger charge is -2.23. The fraction of sp³-hybridized carbons (Fsp3) is 0.273. The van der Waals surface area contributed by atoms with E-state index < -0.39 is 10.0 Å². The topological polar surface area (TPSA) is 56.0 Å². The molecule has 29 heavy (non-hydrogen) atoms. The average molecular weight is 426 g/mol. The van der Waals surface area contributed by atoms with Gasteiger partial charge >= 0.3 is 0 Å². The first-order chi connectivity index (χ1) is 13.9. The van der Waals surface area contributed by atoms with E-state index in [1.165, 1.54) is 21.7 Å². The Balaban J connectivity index is 1.57. The van der Waals surface area contributed by atoms with Gasteiger partial charge in [-0.1, -0.05) is 17.7 Å². The van der Waals surface area contributed by atoms with Crippen LogP contribution in [-0.4, -0.2) is 23.0 Å². The summed E-state index contributed by atoms with van der Waals surface area (Å²) < 4.78 is 30.6. The van der Waals surface area contributed by atoms with Crippen molar-refractivity contribution in [3.63, 3.8) is 0 Å². The molecule has 5 nitrogen and oxygen atoms in total. The number of rotatable bonds is 2. The van der Waals surface area contributed by atoms with Gasteiger partial charge in [0, 0.05) is 58.8 Å². The molecule has 2 aliphatic heterocycles. The Morgan fingerprint density at radius 3 is 2.79 bits per heavy atom. The second-order valence-corrected chi connectivity index (χ2v) is 10.4. The van der Waals surface area contributed by atoms with Gasteiger partial charge in [0.25, 0.3) is 10.0 Å². The molecule has 2 aromatic heterocycles. The van der Waals surface area contributed by atoms with Crippen LogP contribution in [-0.2, 0) is 23.5 Å². The summed E-state index contributed by atoms with van der Waals surface area (Å²) in [6.07, 6.45) is 4.88. The van der Waals surface area contributed by atoms with Crippen molar-refractivity contribution in [2.24, 2.45) is 7.05 Å². The molecule has 0 amide bonds. The molecule has 7 heteroatoms. The highest BCUT2D eigenvalue weighted by molar-refractivity contribution is 7.90. The molecule has 148 valence electrons. The molecule has 2 bridgehead atoms. The Kier molecular flexibility index (Phi) is 3.56.